The van der Waals surface area contributed by atoms with Crippen molar-refractivity contribution in [2.24, 2.45) is 0 Å². The molecule has 25 heavy (non-hydrogen) atoms. The minimum Gasteiger partial charge on any atom is -0.340 e. The molecule has 128 valence electrons. The molecular formula is C20H22N4O. The Labute approximate surface area is 147 Å². The molecule has 1 saturated heterocycles. The van der Waals surface area contributed by atoms with Gasteiger partial charge in [0.1, 0.15) is 11.9 Å². The predicted octanol–water partition coefficient (Wildman–Crippen LogP) is 2.77. The van der Waals surface area contributed by atoms with E-state index >= 15 is 0 Å². The second kappa shape index (κ2) is 6.78. The zero-order chi connectivity index (χ0) is 17.2. The second-order valence-electron chi connectivity index (χ2n) is 6.54. The first kappa shape index (κ1) is 16.0. The highest BCUT2D eigenvalue weighted by Crippen LogP contribution is 2.26. The fourth-order valence-corrected chi connectivity index (χ4v) is 3.54. The summed E-state index contributed by atoms with van der Waals surface area (Å²) in [4.78, 5) is 22.3. The van der Waals surface area contributed by atoms with Gasteiger partial charge in [0.25, 0.3) is 0 Å². The molecular weight excluding hydrogens is 312 g/mol. The van der Waals surface area contributed by atoms with Crippen LogP contribution in [-0.2, 0) is 4.79 Å². The van der Waals surface area contributed by atoms with E-state index in [1.165, 1.54) is 10.8 Å². The van der Waals surface area contributed by atoms with Crippen molar-refractivity contribution in [3.05, 3.63) is 54.5 Å². The van der Waals surface area contributed by atoms with E-state index in [0.717, 1.165) is 43.3 Å². The maximum absolute atomic E-state index is 12.2. The molecule has 1 unspecified atom stereocenters. The summed E-state index contributed by atoms with van der Waals surface area (Å²) in [5.74, 6) is 0.860. The molecule has 0 amide bonds. The number of hydrogen-bond acceptors (Lipinski definition) is 4. The molecule has 0 saturated carbocycles. The number of aromatic nitrogens is 2. The molecule has 5 heteroatoms. The van der Waals surface area contributed by atoms with Crippen LogP contribution in [0.1, 0.15) is 18.8 Å². The van der Waals surface area contributed by atoms with Crippen LogP contribution in [0, 0.1) is 0 Å². The van der Waals surface area contributed by atoms with E-state index in [2.05, 4.69) is 50.5 Å². The Morgan fingerprint density at radius 1 is 1.12 bits per heavy atom. The average Bonchev–Trinajstić information content (AvgIpc) is 3.11. The average molecular weight is 334 g/mol. The Hall–Kier alpha value is -2.50. The van der Waals surface area contributed by atoms with Crippen molar-refractivity contribution >= 4 is 16.6 Å². The van der Waals surface area contributed by atoms with Crippen molar-refractivity contribution in [3.63, 3.8) is 0 Å². The standard InChI is InChI=1S/C20H22N4O/c1-14(25)19(24-10-8-21-9-11-24)20-22-13-18(23-20)17-7-6-15-4-2-3-5-16(15)12-17/h2-7,12-13,19,21H,8-11H2,1H3,(H,22,23). The zero-order valence-electron chi connectivity index (χ0n) is 14.3. The number of ketones is 1. The van der Waals surface area contributed by atoms with Gasteiger partial charge < -0.3 is 10.3 Å². The number of carbonyl (C=O) groups excluding carboxylic acids is 1. The fourth-order valence-electron chi connectivity index (χ4n) is 3.54. The molecule has 1 atom stereocenters. The molecule has 1 fully saturated rings. The Balaban J connectivity index is 1.66. The lowest BCUT2D eigenvalue weighted by molar-refractivity contribution is -0.122. The quantitative estimate of drug-likeness (QED) is 0.770. The van der Waals surface area contributed by atoms with E-state index < -0.39 is 0 Å². The predicted molar refractivity (Wildman–Crippen MR) is 99.4 cm³/mol. The molecule has 2 N–H and O–H groups in total. The number of Topliss-reactive ketones (excluding diaryl/α,β-unsaturated/α-hetero) is 1. The van der Waals surface area contributed by atoms with Gasteiger partial charge in [-0.05, 0) is 23.8 Å². The Morgan fingerprint density at radius 2 is 1.88 bits per heavy atom. The van der Waals surface area contributed by atoms with Gasteiger partial charge in [-0.1, -0.05) is 36.4 Å². The van der Waals surface area contributed by atoms with Crippen molar-refractivity contribution < 1.29 is 4.79 Å². The molecule has 3 aromatic rings. The highest BCUT2D eigenvalue weighted by molar-refractivity contribution is 5.87. The molecule has 2 aromatic carbocycles. The second-order valence-corrected chi connectivity index (χ2v) is 6.54. The molecule has 0 spiro atoms. The molecule has 0 radical (unpaired) electrons. The number of benzene rings is 2. The van der Waals surface area contributed by atoms with Crippen molar-refractivity contribution in [2.45, 2.75) is 13.0 Å². The third kappa shape index (κ3) is 3.21. The largest absolute Gasteiger partial charge is 0.340 e. The normalized spacial score (nSPS) is 16.8. The molecule has 5 nitrogen and oxygen atoms in total. The zero-order valence-corrected chi connectivity index (χ0v) is 14.3. The summed E-state index contributed by atoms with van der Waals surface area (Å²) >= 11 is 0. The Bertz CT molecular complexity index is 895. The number of imidazole rings is 1. The van der Waals surface area contributed by atoms with E-state index in [-0.39, 0.29) is 11.8 Å². The minimum absolute atomic E-state index is 0.126. The van der Waals surface area contributed by atoms with Crippen molar-refractivity contribution in [2.75, 3.05) is 26.2 Å². The first-order valence-corrected chi connectivity index (χ1v) is 8.72. The number of piperazine rings is 1. The van der Waals surface area contributed by atoms with E-state index in [0.29, 0.717) is 0 Å². The van der Waals surface area contributed by atoms with Gasteiger partial charge in [0.05, 0.1) is 11.9 Å². The van der Waals surface area contributed by atoms with Crippen LogP contribution < -0.4 is 5.32 Å². The van der Waals surface area contributed by atoms with E-state index in [1.807, 2.05) is 18.3 Å². The van der Waals surface area contributed by atoms with Gasteiger partial charge in [-0.25, -0.2) is 4.98 Å². The van der Waals surface area contributed by atoms with Crippen LogP contribution in [0.2, 0.25) is 0 Å². The van der Waals surface area contributed by atoms with Crippen LogP contribution in [0.4, 0.5) is 0 Å². The number of H-pyrrole nitrogens is 1. The van der Waals surface area contributed by atoms with Crippen molar-refractivity contribution in [1.29, 1.82) is 0 Å². The minimum atomic E-state index is -0.295. The first-order valence-electron chi connectivity index (χ1n) is 8.72. The summed E-state index contributed by atoms with van der Waals surface area (Å²) in [5.41, 5.74) is 2.03. The molecule has 2 heterocycles. The summed E-state index contributed by atoms with van der Waals surface area (Å²) in [6, 6.07) is 14.4. The first-order chi connectivity index (χ1) is 12.2. The highest BCUT2D eigenvalue weighted by atomic mass is 16.1. The molecule has 1 aliphatic rings. The lowest BCUT2D eigenvalue weighted by atomic mass is 10.1. The molecule has 0 aliphatic carbocycles. The van der Waals surface area contributed by atoms with Crippen LogP contribution in [0.3, 0.4) is 0 Å². The van der Waals surface area contributed by atoms with Crippen molar-refractivity contribution in [1.82, 2.24) is 20.2 Å². The number of fused-ring (bicyclic) bond motifs is 1. The maximum Gasteiger partial charge on any atom is 0.154 e. The highest BCUT2D eigenvalue weighted by Gasteiger charge is 2.28. The number of nitrogens with zero attached hydrogens (tertiary/aromatic N) is 2. The molecule has 1 aromatic heterocycles. The third-order valence-corrected chi connectivity index (χ3v) is 4.82. The number of hydrogen-bond donors (Lipinski definition) is 2. The summed E-state index contributed by atoms with van der Waals surface area (Å²) in [7, 11) is 0. The van der Waals surface area contributed by atoms with Gasteiger partial charge in [0.15, 0.2) is 5.78 Å². The number of nitrogens with one attached hydrogen (secondary N) is 2. The lowest BCUT2D eigenvalue weighted by Crippen LogP contribution is -2.47. The van der Waals surface area contributed by atoms with Gasteiger partial charge >= 0.3 is 0 Å². The maximum atomic E-state index is 12.2. The molecule has 0 bridgehead atoms. The van der Waals surface area contributed by atoms with Crippen LogP contribution in [0.25, 0.3) is 22.0 Å². The van der Waals surface area contributed by atoms with Crippen LogP contribution in [-0.4, -0.2) is 46.8 Å². The monoisotopic (exact) mass is 334 g/mol. The summed E-state index contributed by atoms with van der Waals surface area (Å²) < 4.78 is 0. The van der Waals surface area contributed by atoms with Crippen molar-refractivity contribution in [3.8, 4) is 11.3 Å². The molecule has 4 rings (SSSR count). The SMILES string of the molecule is CC(=O)C(c1ncc(-c2ccc3ccccc3c2)[nH]1)N1CCNCC1. The van der Waals surface area contributed by atoms with E-state index in [4.69, 9.17) is 0 Å². The Morgan fingerprint density at radius 3 is 2.64 bits per heavy atom. The Kier molecular flexibility index (Phi) is 4.34. The summed E-state index contributed by atoms with van der Waals surface area (Å²) in [5, 5.41) is 5.74. The number of aromatic amines is 1. The fraction of sp³-hybridized carbons (Fsp3) is 0.300. The van der Waals surface area contributed by atoms with Crippen LogP contribution >= 0.6 is 0 Å². The topological polar surface area (TPSA) is 61.0 Å². The lowest BCUT2D eigenvalue weighted by Gasteiger charge is -2.32. The van der Waals surface area contributed by atoms with Gasteiger partial charge in [0.2, 0.25) is 0 Å². The number of carbonyl (C=O) groups is 1. The van der Waals surface area contributed by atoms with Gasteiger partial charge in [0, 0.05) is 31.7 Å². The summed E-state index contributed by atoms with van der Waals surface area (Å²) in [6.07, 6.45) is 1.83. The molecule has 1 aliphatic heterocycles. The van der Waals surface area contributed by atoms with Gasteiger partial charge in [-0.3, -0.25) is 9.69 Å². The van der Waals surface area contributed by atoms with Gasteiger partial charge in [-0.15, -0.1) is 0 Å². The van der Waals surface area contributed by atoms with E-state index in [9.17, 15) is 4.79 Å². The van der Waals surface area contributed by atoms with Crippen LogP contribution in [0.15, 0.2) is 48.7 Å². The van der Waals surface area contributed by atoms with Crippen LogP contribution in [0.5, 0.6) is 0 Å². The summed E-state index contributed by atoms with van der Waals surface area (Å²) in [6.45, 7) is 5.17. The van der Waals surface area contributed by atoms with E-state index in [1.54, 1.807) is 6.92 Å². The third-order valence-electron chi connectivity index (χ3n) is 4.82. The number of rotatable bonds is 4. The van der Waals surface area contributed by atoms with Gasteiger partial charge in [-0.2, -0.15) is 0 Å². The smallest absolute Gasteiger partial charge is 0.154 e.